The van der Waals surface area contributed by atoms with Crippen LogP contribution in [0.5, 0.6) is 23.0 Å². The summed E-state index contributed by atoms with van der Waals surface area (Å²) in [5.41, 5.74) is 3.26. The summed E-state index contributed by atoms with van der Waals surface area (Å²) >= 11 is 1.27. The Labute approximate surface area is 270 Å². The van der Waals surface area contributed by atoms with Gasteiger partial charge in [-0.1, -0.05) is 59.9 Å². The third kappa shape index (κ3) is 5.81. The zero-order valence-corrected chi connectivity index (χ0v) is 27.1. The van der Waals surface area contributed by atoms with Gasteiger partial charge in [-0.15, -0.1) is 0 Å². The van der Waals surface area contributed by atoms with Crippen molar-refractivity contribution < 1.29 is 23.7 Å². The molecular formula is C37H34N2O6S. The van der Waals surface area contributed by atoms with Gasteiger partial charge in [0.05, 0.1) is 31.4 Å². The van der Waals surface area contributed by atoms with Crippen LogP contribution in [0, 0.1) is 0 Å². The molecule has 1 aliphatic rings. The standard InChI is InChI=1S/C37H34N2O6S/c1-6-44-32-18-24(14-17-30(32)45-21-26-12-9-11-25-10-7-8-13-28(25)26)19-33-36(41)39-35(29-16-15-27(42-4)20-31(29)43-5)34(23(3)40)22(2)38-37(39)46-33/h7-20,35H,6,21H2,1-5H3. The number of carbonyl (C=O) groups excluding carboxylic acids is 1. The van der Waals surface area contributed by atoms with E-state index in [1.165, 1.54) is 18.3 Å². The lowest BCUT2D eigenvalue weighted by atomic mass is 9.92. The predicted octanol–water partition coefficient (Wildman–Crippen LogP) is 5.97. The number of thiazole rings is 1. The highest BCUT2D eigenvalue weighted by atomic mass is 32.1. The molecule has 1 aromatic heterocycles. The van der Waals surface area contributed by atoms with Gasteiger partial charge < -0.3 is 18.9 Å². The molecule has 0 saturated carbocycles. The minimum absolute atomic E-state index is 0.168. The largest absolute Gasteiger partial charge is 0.497 e. The van der Waals surface area contributed by atoms with Crippen molar-refractivity contribution in [3.05, 3.63) is 127 Å². The smallest absolute Gasteiger partial charge is 0.271 e. The van der Waals surface area contributed by atoms with Crippen LogP contribution in [0.2, 0.25) is 0 Å². The number of Topliss-reactive ketones (excluding diaryl/α,β-unsaturated/α-hetero) is 1. The van der Waals surface area contributed by atoms with Crippen LogP contribution in [0.15, 0.2) is 99.9 Å². The summed E-state index contributed by atoms with van der Waals surface area (Å²) in [5, 5.41) is 2.30. The van der Waals surface area contributed by atoms with Crippen molar-refractivity contribution in [2.45, 2.75) is 33.4 Å². The Morgan fingerprint density at radius 2 is 1.74 bits per heavy atom. The third-order valence-corrected chi connectivity index (χ3v) is 8.95. The molecule has 8 nitrogen and oxygen atoms in total. The van der Waals surface area contributed by atoms with Gasteiger partial charge >= 0.3 is 0 Å². The van der Waals surface area contributed by atoms with Crippen LogP contribution in [0.3, 0.4) is 0 Å². The van der Waals surface area contributed by atoms with E-state index in [0.717, 1.165) is 21.9 Å². The zero-order chi connectivity index (χ0) is 32.4. The highest BCUT2D eigenvalue weighted by Gasteiger charge is 2.32. The van der Waals surface area contributed by atoms with Crippen LogP contribution in [-0.4, -0.2) is 31.2 Å². The van der Waals surface area contributed by atoms with Crippen molar-refractivity contribution in [3.8, 4) is 23.0 Å². The lowest BCUT2D eigenvalue weighted by Gasteiger charge is -2.26. The topological polar surface area (TPSA) is 88.3 Å². The van der Waals surface area contributed by atoms with Crippen LogP contribution in [0.1, 0.15) is 43.5 Å². The fourth-order valence-corrected chi connectivity index (χ4v) is 6.88. The average Bonchev–Trinajstić information content (AvgIpc) is 3.36. The summed E-state index contributed by atoms with van der Waals surface area (Å²) in [4.78, 5) is 32.2. The summed E-state index contributed by atoms with van der Waals surface area (Å²) in [7, 11) is 3.13. The normalized spacial score (nSPS) is 14.5. The van der Waals surface area contributed by atoms with Gasteiger partial charge in [0.25, 0.3) is 5.56 Å². The molecule has 0 amide bonds. The van der Waals surface area contributed by atoms with Gasteiger partial charge in [-0.25, -0.2) is 4.99 Å². The molecule has 0 N–H and O–H groups in total. The Hall–Kier alpha value is -5.15. The summed E-state index contributed by atoms with van der Waals surface area (Å²) in [6, 6.07) is 24.7. The van der Waals surface area contributed by atoms with E-state index < -0.39 is 6.04 Å². The van der Waals surface area contributed by atoms with E-state index in [4.69, 9.17) is 18.9 Å². The highest BCUT2D eigenvalue weighted by molar-refractivity contribution is 7.07. The molecule has 1 unspecified atom stereocenters. The number of fused-ring (bicyclic) bond motifs is 2. The summed E-state index contributed by atoms with van der Waals surface area (Å²) in [6.45, 7) is 6.04. The van der Waals surface area contributed by atoms with Crippen molar-refractivity contribution >= 4 is 34.0 Å². The molecule has 0 saturated heterocycles. The van der Waals surface area contributed by atoms with Crippen molar-refractivity contribution in [2.75, 3.05) is 20.8 Å². The molecular weight excluding hydrogens is 600 g/mol. The van der Waals surface area contributed by atoms with E-state index >= 15 is 0 Å². The second-order valence-electron chi connectivity index (χ2n) is 10.8. The quantitative estimate of drug-likeness (QED) is 0.188. The molecule has 234 valence electrons. The van der Waals surface area contributed by atoms with E-state index in [0.29, 0.717) is 62.4 Å². The van der Waals surface area contributed by atoms with E-state index in [-0.39, 0.29) is 11.3 Å². The summed E-state index contributed by atoms with van der Waals surface area (Å²) < 4.78 is 25.3. The highest BCUT2D eigenvalue weighted by Crippen LogP contribution is 2.37. The molecule has 0 radical (unpaired) electrons. The number of carbonyl (C=O) groups is 1. The molecule has 6 rings (SSSR count). The first kappa shape index (κ1) is 30.9. The second-order valence-corrected chi connectivity index (χ2v) is 11.8. The Balaban J connectivity index is 1.39. The van der Waals surface area contributed by atoms with Gasteiger partial charge in [-0.05, 0) is 73.0 Å². The molecule has 46 heavy (non-hydrogen) atoms. The zero-order valence-electron chi connectivity index (χ0n) is 26.3. The number of allylic oxidation sites excluding steroid dienone is 2. The van der Waals surface area contributed by atoms with Crippen molar-refractivity contribution in [1.82, 2.24) is 4.57 Å². The molecule has 4 aromatic carbocycles. The van der Waals surface area contributed by atoms with E-state index in [1.54, 1.807) is 37.8 Å². The number of rotatable bonds is 10. The SMILES string of the molecule is CCOc1cc(C=c2sc3n(c2=O)C(c2ccc(OC)cc2OC)C(C(C)=O)=C(C)N=3)ccc1OCc1cccc2ccccc12. The van der Waals surface area contributed by atoms with E-state index in [9.17, 15) is 9.59 Å². The number of benzene rings is 4. The number of ketones is 1. The van der Waals surface area contributed by atoms with Crippen molar-refractivity contribution in [3.63, 3.8) is 0 Å². The predicted molar refractivity (Wildman–Crippen MR) is 180 cm³/mol. The summed E-state index contributed by atoms with van der Waals surface area (Å²) in [6.07, 6.45) is 1.82. The molecule has 9 heteroatoms. The van der Waals surface area contributed by atoms with E-state index in [2.05, 4.69) is 29.3 Å². The maximum absolute atomic E-state index is 14.1. The van der Waals surface area contributed by atoms with E-state index in [1.807, 2.05) is 55.5 Å². The molecule has 0 fully saturated rings. The Bertz CT molecular complexity index is 2170. The Morgan fingerprint density at radius 3 is 2.50 bits per heavy atom. The monoisotopic (exact) mass is 634 g/mol. The van der Waals surface area contributed by atoms with Gasteiger partial charge in [-0.3, -0.25) is 14.2 Å². The van der Waals surface area contributed by atoms with Crippen molar-refractivity contribution in [1.29, 1.82) is 0 Å². The molecule has 0 aliphatic carbocycles. The molecule has 5 aromatic rings. The fourth-order valence-electron chi connectivity index (χ4n) is 5.84. The lowest BCUT2D eigenvalue weighted by molar-refractivity contribution is -0.114. The van der Waals surface area contributed by atoms with Gasteiger partial charge in [0, 0.05) is 22.9 Å². The van der Waals surface area contributed by atoms with Crippen LogP contribution < -0.4 is 33.8 Å². The first-order chi connectivity index (χ1) is 22.3. The lowest BCUT2D eigenvalue weighted by Crippen LogP contribution is -2.39. The summed E-state index contributed by atoms with van der Waals surface area (Å²) in [5.74, 6) is 2.14. The molecule has 1 aliphatic heterocycles. The Morgan fingerprint density at radius 1 is 0.935 bits per heavy atom. The number of hydrogen-bond acceptors (Lipinski definition) is 8. The maximum atomic E-state index is 14.1. The number of nitrogens with zero attached hydrogens (tertiary/aromatic N) is 2. The molecule has 2 heterocycles. The minimum Gasteiger partial charge on any atom is -0.497 e. The minimum atomic E-state index is -0.708. The van der Waals surface area contributed by atoms with Gasteiger partial charge in [0.1, 0.15) is 18.1 Å². The van der Waals surface area contributed by atoms with Gasteiger partial charge in [-0.2, -0.15) is 0 Å². The molecule has 1 atom stereocenters. The first-order valence-corrected chi connectivity index (χ1v) is 15.8. The number of methoxy groups -OCH3 is 2. The third-order valence-electron chi connectivity index (χ3n) is 7.96. The van der Waals surface area contributed by atoms with Crippen LogP contribution in [0.25, 0.3) is 16.8 Å². The number of aromatic nitrogens is 1. The Kier molecular flexibility index (Phi) is 8.76. The average molecular weight is 635 g/mol. The van der Waals surface area contributed by atoms with Crippen LogP contribution in [0.4, 0.5) is 0 Å². The van der Waals surface area contributed by atoms with Gasteiger partial charge in [0.2, 0.25) is 0 Å². The van der Waals surface area contributed by atoms with Crippen LogP contribution >= 0.6 is 11.3 Å². The second kappa shape index (κ2) is 13.1. The number of ether oxygens (including phenoxy) is 4. The fraction of sp³-hybridized carbons (Fsp3) is 0.216. The number of hydrogen-bond donors (Lipinski definition) is 0. The van der Waals surface area contributed by atoms with Gasteiger partial charge in [0.15, 0.2) is 22.1 Å². The maximum Gasteiger partial charge on any atom is 0.271 e. The van der Waals surface area contributed by atoms with Crippen LogP contribution in [-0.2, 0) is 11.4 Å². The van der Waals surface area contributed by atoms with Crippen molar-refractivity contribution in [2.24, 2.45) is 4.99 Å². The molecule has 0 spiro atoms. The molecule has 0 bridgehead atoms. The first-order valence-electron chi connectivity index (χ1n) is 14.9.